The molecule has 0 aromatic carbocycles. The van der Waals surface area contributed by atoms with Gasteiger partial charge in [0.2, 0.25) is 11.6 Å². The highest BCUT2D eigenvalue weighted by Crippen LogP contribution is 2.22. The number of halogens is 1. The first-order chi connectivity index (χ1) is 15.5. The molecule has 1 aliphatic rings. The van der Waals surface area contributed by atoms with Gasteiger partial charge in [-0.2, -0.15) is 0 Å². The molecular weight excluding hydrogens is 541 g/mol. The molecule has 0 atom stereocenters. The summed E-state index contributed by atoms with van der Waals surface area (Å²) < 4.78 is 17.5. The number of nitrogens with one attached hydrogen (secondary N) is 1. The molecule has 0 saturated heterocycles. The molecule has 9 nitrogen and oxygen atoms in total. The second kappa shape index (κ2) is 16.6. The van der Waals surface area contributed by atoms with Gasteiger partial charge in [0.25, 0.3) is 0 Å². The van der Waals surface area contributed by atoms with Crippen molar-refractivity contribution in [1.82, 2.24) is 10.2 Å². The van der Waals surface area contributed by atoms with E-state index in [1.54, 1.807) is 0 Å². The van der Waals surface area contributed by atoms with Crippen molar-refractivity contribution in [1.29, 1.82) is 0 Å². The van der Waals surface area contributed by atoms with Crippen LogP contribution in [0.25, 0.3) is 0 Å². The molecule has 0 bridgehead atoms. The predicted molar refractivity (Wildman–Crippen MR) is 117 cm³/mol. The van der Waals surface area contributed by atoms with E-state index in [1.165, 1.54) is 26.2 Å². The number of amides is 3. The lowest BCUT2D eigenvalue weighted by Gasteiger charge is -2.21. The number of rotatable bonds is 11. The fourth-order valence-corrected chi connectivity index (χ4v) is 3.66. The largest absolute Gasteiger partial charge is 1.00 e. The molecule has 1 aliphatic carbocycles. The summed E-state index contributed by atoms with van der Waals surface area (Å²) in [4.78, 5) is 37.0. The van der Waals surface area contributed by atoms with Gasteiger partial charge in [-0.15, -0.1) is 0 Å². The van der Waals surface area contributed by atoms with Gasteiger partial charge in [0, 0.05) is 25.6 Å². The van der Waals surface area contributed by atoms with Crippen molar-refractivity contribution >= 4 is 18.1 Å². The van der Waals surface area contributed by atoms with E-state index in [4.69, 9.17) is 14.2 Å². The molecule has 1 aromatic heterocycles. The molecule has 1 aromatic rings. The highest BCUT2D eigenvalue weighted by atomic mass is 127. The zero-order valence-corrected chi connectivity index (χ0v) is 21.8. The van der Waals surface area contributed by atoms with Crippen molar-refractivity contribution in [3.05, 3.63) is 30.1 Å². The number of aryl methyl sites for hydroxylation is 1. The maximum Gasteiger partial charge on any atom is 0.417 e. The molecule has 2 rings (SSSR count). The third-order valence-electron chi connectivity index (χ3n) is 5.47. The number of ether oxygens (including phenoxy) is 3. The Kier molecular flexibility index (Phi) is 14.7. The van der Waals surface area contributed by atoms with Crippen molar-refractivity contribution in [3.8, 4) is 0 Å². The summed E-state index contributed by atoms with van der Waals surface area (Å²) in [5.74, 6) is 0.154. The van der Waals surface area contributed by atoms with Crippen molar-refractivity contribution < 1.29 is 57.1 Å². The molecule has 0 unspecified atom stereocenters. The van der Waals surface area contributed by atoms with E-state index in [-0.39, 0.29) is 56.9 Å². The van der Waals surface area contributed by atoms with Gasteiger partial charge in [0.1, 0.15) is 26.3 Å². The predicted octanol–water partition coefficient (Wildman–Crippen LogP) is -0.194. The number of hydrogen-bond donors (Lipinski definition) is 1. The number of hydrogen-bond acceptors (Lipinski definition) is 6. The lowest BCUT2D eigenvalue weighted by molar-refractivity contribution is -0.701. The van der Waals surface area contributed by atoms with Gasteiger partial charge in [-0.05, 0) is 25.7 Å². The SMILES string of the molecule is CC[n+]1ccccc1CN(C(C)=O)C(=O)OCCOCCOC(=O)NCC1CCCCC1.[I-]. The van der Waals surface area contributed by atoms with Crippen molar-refractivity contribution in [2.24, 2.45) is 5.92 Å². The molecule has 10 heteroatoms. The van der Waals surface area contributed by atoms with Crippen LogP contribution in [0.2, 0.25) is 0 Å². The fourth-order valence-electron chi connectivity index (χ4n) is 3.66. The average Bonchev–Trinajstić information content (AvgIpc) is 2.81. The second-order valence-electron chi connectivity index (χ2n) is 7.83. The Morgan fingerprint density at radius 2 is 1.76 bits per heavy atom. The second-order valence-corrected chi connectivity index (χ2v) is 7.83. The van der Waals surface area contributed by atoms with Gasteiger partial charge >= 0.3 is 12.2 Å². The lowest BCUT2D eigenvalue weighted by atomic mass is 9.89. The zero-order chi connectivity index (χ0) is 23.2. The Labute approximate surface area is 213 Å². The third-order valence-corrected chi connectivity index (χ3v) is 5.47. The third kappa shape index (κ3) is 11.1. The first kappa shape index (κ1) is 29.1. The number of nitrogens with zero attached hydrogens (tertiary/aromatic N) is 2. The quantitative estimate of drug-likeness (QED) is 0.223. The van der Waals surface area contributed by atoms with Crippen LogP contribution in [0.3, 0.4) is 0 Å². The lowest BCUT2D eigenvalue weighted by Crippen LogP contribution is -3.00. The van der Waals surface area contributed by atoms with E-state index in [1.807, 2.05) is 35.9 Å². The normalized spacial score (nSPS) is 13.5. The van der Waals surface area contributed by atoms with E-state index >= 15 is 0 Å². The maximum absolute atomic E-state index is 12.3. The molecule has 0 radical (unpaired) electrons. The average molecular weight is 577 g/mol. The molecule has 0 spiro atoms. The summed E-state index contributed by atoms with van der Waals surface area (Å²) in [5.41, 5.74) is 0.831. The van der Waals surface area contributed by atoms with Crippen LogP contribution in [0.1, 0.15) is 51.6 Å². The molecule has 1 N–H and O–H groups in total. The highest BCUT2D eigenvalue weighted by molar-refractivity contribution is 5.90. The Morgan fingerprint density at radius 1 is 1.06 bits per heavy atom. The van der Waals surface area contributed by atoms with E-state index < -0.39 is 18.1 Å². The topological polar surface area (TPSA) is 98.1 Å². The first-order valence-electron chi connectivity index (χ1n) is 11.4. The van der Waals surface area contributed by atoms with Gasteiger partial charge in [-0.3, -0.25) is 4.79 Å². The Bertz CT molecular complexity index is 743. The van der Waals surface area contributed by atoms with Gasteiger partial charge in [0.15, 0.2) is 6.20 Å². The molecule has 186 valence electrons. The Morgan fingerprint density at radius 3 is 2.42 bits per heavy atom. The van der Waals surface area contributed by atoms with Crippen LogP contribution in [-0.4, -0.2) is 56.0 Å². The summed E-state index contributed by atoms with van der Waals surface area (Å²) in [6.07, 6.45) is 6.81. The number of carbonyl (C=O) groups is 3. The molecule has 1 saturated carbocycles. The fraction of sp³-hybridized carbons (Fsp3) is 0.652. The summed E-state index contributed by atoms with van der Waals surface area (Å²) >= 11 is 0. The van der Waals surface area contributed by atoms with Crippen LogP contribution >= 0.6 is 0 Å². The minimum absolute atomic E-state index is 0. The van der Waals surface area contributed by atoms with Crippen molar-refractivity contribution in [3.63, 3.8) is 0 Å². The number of alkyl carbamates (subject to hydrolysis) is 1. The molecular formula is C23H36IN3O6. The molecule has 3 amide bonds. The standard InChI is InChI=1S/C23H35N3O6.HI/c1-3-25-12-8-7-11-21(25)18-26(19(2)27)23(29)32-16-14-30-13-15-31-22(28)24-17-20-9-5-4-6-10-20;/h7-8,11-12,20H,3-6,9-10,13-18H2,1-2H3;1H. The van der Waals surface area contributed by atoms with Crippen LogP contribution in [0.5, 0.6) is 0 Å². The van der Waals surface area contributed by atoms with Gasteiger partial charge in [-0.1, -0.05) is 25.3 Å². The minimum Gasteiger partial charge on any atom is -1.00 e. The van der Waals surface area contributed by atoms with Gasteiger partial charge in [-0.25, -0.2) is 19.1 Å². The molecule has 0 aliphatic heterocycles. The van der Waals surface area contributed by atoms with Gasteiger partial charge < -0.3 is 43.5 Å². The first-order valence-corrected chi connectivity index (χ1v) is 11.4. The Balaban J connectivity index is 0.00000544. The van der Waals surface area contributed by atoms with Crippen LogP contribution in [0.4, 0.5) is 9.59 Å². The monoisotopic (exact) mass is 577 g/mol. The number of carbonyl (C=O) groups excluding carboxylic acids is 3. The van der Waals surface area contributed by atoms with Crippen molar-refractivity contribution in [2.45, 2.75) is 59.0 Å². The summed E-state index contributed by atoms with van der Waals surface area (Å²) in [6, 6.07) is 5.61. The van der Waals surface area contributed by atoms with Crippen LogP contribution < -0.4 is 33.9 Å². The number of pyridine rings is 1. The van der Waals surface area contributed by atoms with E-state index in [9.17, 15) is 14.4 Å². The van der Waals surface area contributed by atoms with Crippen molar-refractivity contribution in [2.75, 3.05) is 33.0 Å². The molecule has 1 heterocycles. The van der Waals surface area contributed by atoms with Gasteiger partial charge in [0.05, 0.1) is 13.2 Å². The molecule has 1 fully saturated rings. The Hall–Kier alpha value is -1.95. The van der Waals surface area contributed by atoms with E-state index in [0.29, 0.717) is 12.5 Å². The highest BCUT2D eigenvalue weighted by Gasteiger charge is 2.23. The number of imide groups is 1. The van der Waals surface area contributed by atoms with Crippen LogP contribution in [0.15, 0.2) is 24.4 Å². The number of aromatic nitrogens is 1. The maximum atomic E-state index is 12.3. The molecule has 33 heavy (non-hydrogen) atoms. The smallest absolute Gasteiger partial charge is 0.417 e. The van der Waals surface area contributed by atoms with Crippen LogP contribution in [-0.2, 0) is 32.1 Å². The van der Waals surface area contributed by atoms with Crippen LogP contribution in [0, 0.1) is 5.92 Å². The minimum atomic E-state index is -0.717. The zero-order valence-electron chi connectivity index (χ0n) is 19.6. The van der Waals surface area contributed by atoms with E-state index in [0.717, 1.165) is 30.0 Å². The summed E-state index contributed by atoms with van der Waals surface area (Å²) in [5, 5.41) is 2.80. The summed E-state index contributed by atoms with van der Waals surface area (Å²) in [7, 11) is 0. The summed E-state index contributed by atoms with van der Waals surface area (Å²) in [6.45, 7) is 5.29. The van der Waals surface area contributed by atoms with E-state index in [2.05, 4.69) is 5.32 Å².